The standard InChI is InChI=1S/C7H16N2.ClH/c1-6(2)8-9-7(3,4)5;/h9H,1-5H3;1H. The largest absolute Gasteiger partial charge is 0.305 e. The molecule has 3 heteroatoms. The molecule has 0 radical (unpaired) electrons. The number of hydrogen-bond acceptors (Lipinski definition) is 2. The lowest BCUT2D eigenvalue weighted by Gasteiger charge is -2.17. The van der Waals surface area contributed by atoms with E-state index in [0.29, 0.717) is 0 Å². The van der Waals surface area contributed by atoms with Crippen LogP contribution in [0.2, 0.25) is 0 Å². The van der Waals surface area contributed by atoms with Gasteiger partial charge in [0.15, 0.2) is 0 Å². The van der Waals surface area contributed by atoms with E-state index in [1.165, 1.54) is 0 Å². The summed E-state index contributed by atoms with van der Waals surface area (Å²) in [7, 11) is 0. The first kappa shape index (κ1) is 12.4. The van der Waals surface area contributed by atoms with Crippen LogP contribution in [-0.4, -0.2) is 11.3 Å². The second kappa shape index (κ2) is 4.56. The fourth-order valence-corrected chi connectivity index (χ4v) is 0.280. The van der Waals surface area contributed by atoms with Crippen molar-refractivity contribution in [2.75, 3.05) is 0 Å². The molecular weight excluding hydrogens is 148 g/mol. The highest BCUT2D eigenvalue weighted by Crippen LogP contribution is 1.97. The Kier molecular flexibility index (Phi) is 5.67. The van der Waals surface area contributed by atoms with Gasteiger partial charge in [-0.2, -0.15) is 5.10 Å². The molecule has 0 rings (SSSR count). The zero-order valence-corrected chi connectivity index (χ0v) is 8.17. The summed E-state index contributed by atoms with van der Waals surface area (Å²) in [5.41, 5.74) is 4.16. The number of nitrogens with one attached hydrogen (secondary N) is 1. The lowest BCUT2D eigenvalue weighted by molar-refractivity contribution is 0.441. The van der Waals surface area contributed by atoms with E-state index in [1.807, 2.05) is 13.8 Å². The number of halogens is 1. The van der Waals surface area contributed by atoms with Crippen LogP contribution in [0.1, 0.15) is 34.6 Å². The van der Waals surface area contributed by atoms with Crippen molar-refractivity contribution in [2.24, 2.45) is 5.10 Å². The molecule has 0 unspecified atom stereocenters. The highest BCUT2D eigenvalue weighted by Gasteiger charge is 2.05. The average Bonchev–Trinajstić information content (AvgIpc) is 1.59. The normalized spacial score (nSPS) is 9.70. The number of nitrogens with zero attached hydrogens (tertiary/aromatic N) is 1. The van der Waals surface area contributed by atoms with Crippen molar-refractivity contribution in [2.45, 2.75) is 40.2 Å². The Hall–Kier alpha value is -0.240. The minimum absolute atomic E-state index is 0. The van der Waals surface area contributed by atoms with Crippen LogP contribution in [0.15, 0.2) is 5.10 Å². The lowest BCUT2D eigenvalue weighted by Crippen LogP contribution is -2.31. The monoisotopic (exact) mass is 164 g/mol. The second-order valence-electron chi connectivity index (χ2n) is 3.42. The van der Waals surface area contributed by atoms with Crippen LogP contribution in [0, 0.1) is 0 Å². The quantitative estimate of drug-likeness (QED) is 0.467. The van der Waals surface area contributed by atoms with Crippen molar-refractivity contribution >= 4 is 18.1 Å². The van der Waals surface area contributed by atoms with Gasteiger partial charge in [-0.1, -0.05) is 0 Å². The first-order valence-electron chi connectivity index (χ1n) is 3.20. The minimum Gasteiger partial charge on any atom is -0.305 e. The van der Waals surface area contributed by atoms with Gasteiger partial charge in [-0.3, -0.25) is 0 Å². The molecule has 10 heavy (non-hydrogen) atoms. The fraction of sp³-hybridized carbons (Fsp3) is 0.857. The predicted octanol–water partition coefficient (Wildman–Crippen LogP) is 2.19. The van der Waals surface area contributed by atoms with E-state index >= 15 is 0 Å². The van der Waals surface area contributed by atoms with Gasteiger partial charge < -0.3 is 5.43 Å². The summed E-state index contributed by atoms with van der Waals surface area (Å²) in [6.07, 6.45) is 0. The predicted molar refractivity (Wildman–Crippen MR) is 48.9 cm³/mol. The summed E-state index contributed by atoms with van der Waals surface area (Å²) in [5.74, 6) is 0. The Balaban J connectivity index is 0. The van der Waals surface area contributed by atoms with Gasteiger partial charge in [-0.25, -0.2) is 0 Å². The van der Waals surface area contributed by atoms with Crippen LogP contribution in [0.4, 0.5) is 0 Å². The SMILES string of the molecule is CC(C)=NNC(C)(C)C.Cl. The van der Waals surface area contributed by atoms with Gasteiger partial charge in [-0.15, -0.1) is 12.4 Å². The topological polar surface area (TPSA) is 24.4 Å². The van der Waals surface area contributed by atoms with Crippen molar-refractivity contribution in [1.29, 1.82) is 0 Å². The van der Waals surface area contributed by atoms with Crippen molar-refractivity contribution in [1.82, 2.24) is 5.43 Å². The average molecular weight is 165 g/mol. The first-order chi connectivity index (χ1) is 3.92. The zero-order valence-electron chi connectivity index (χ0n) is 7.36. The van der Waals surface area contributed by atoms with Gasteiger partial charge in [0.2, 0.25) is 0 Å². The Labute approximate surface area is 69.5 Å². The van der Waals surface area contributed by atoms with Gasteiger partial charge in [0.1, 0.15) is 0 Å². The maximum Gasteiger partial charge on any atom is 0.0464 e. The van der Waals surface area contributed by atoms with Crippen molar-refractivity contribution in [3.63, 3.8) is 0 Å². The molecule has 0 aliphatic carbocycles. The van der Waals surface area contributed by atoms with Crippen LogP contribution in [0.5, 0.6) is 0 Å². The molecule has 0 saturated heterocycles. The Morgan fingerprint density at radius 2 is 1.60 bits per heavy atom. The van der Waals surface area contributed by atoms with Crippen LogP contribution in [-0.2, 0) is 0 Å². The molecule has 2 nitrogen and oxygen atoms in total. The molecule has 0 fully saturated rings. The van der Waals surface area contributed by atoms with E-state index in [-0.39, 0.29) is 17.9 Å². The van der Waals surface area contributed by atoms with Crippen molar-refractivity contribution in [3.8, 4) is 0 Å². The van der Waals surface area contributed by atoms with E-state index in [1.54, 1.807) is 0 Å². The Morgan fingerprint density at radius 3 is 1.70 bits per heavy atom. The lowest BCUT2D eigenvalue weighted by atomic mass is 10.1. The minimum atomic E-state index is 0. The van der Waals surface area contributed by atoms with Crippen molar-refractivity contribution < 1.29 is 0 Å². The van der Waals surface area contributed by atoms with Gasteiger partial charge in [-0.05, 0) is 34.6 Å². The molecule has 0 spiro atoms. The van der Waals surface area contributed by atoms with Crippen LogP contribution in [0.3, 0.4) is 0 Å². The van der Waals surface area contributed by atoms with E-state index < -0.39 is 0 Å². The number of hydrogen-bond donors (Lipinski definition) is 1. The molecule has 0 heterocycles. The zero-order chi connectivity index (χ0) is 7.49. The summed E-state index contributed by atoms with van der Waals surface area (Å²) >= 11 is 0. The fourth-order valence-electron chi connectivity index (χ4n) is 0.280. The van der Waals surface area contributed by atoms with Gasteiger partial charge >= 0.3 is 0 Å². The molecule has 0 atom stereocenters. The second-order valence-corrected chi connectivity index (χ2v) is 3.42. The van der Waals surface area contributed by atoms with Crippen LogP contribution >= 0.6 is 12.4 Å². The summed E-state index contributed by atoms with van der Waals surface area (Å²) in [5, 5.41) is 4.06. The maximum absolute atomic E-state index is 4.06. The molecule has 0 aliphatic rings. The van der Waals surface area contributed by atoms with E-state index in [2.05, 4.69) is 31.3 Å². The molecule has 0 bridgehead atoms. The highest BCUT2D eigenvalue weighted by atomic mass is 35.5. The first-order valence-corrected chi connectivity index (χ1v) is 3.20. The highest BCUT2D eigenvalue weighted by molar-refractivity contribution is 5.85. The molecule has 0 aromatic heterocycles. The number of hydrazone groups is 1. The molecule has 0 aromatic rings. The third kappa shape index (κ3) is 10.7. The summed E-state index contributed by atoms with van der Waals surface area (Å²) < 4.78 is 0. The van der Waals surface area contributed by atoms with E-state index in [4.69, 9.17) is 0 Å². The molecule has 0 amide bonds. The summed E-state index contributed by atoms with van der Waals surface area (Å²) in [4.78, 5) is 0. The smallest absolute Gasteiger partial charge is 0.0464 e. The third-order valence-corrected chi connectivity index (χ3v) is 0.615. The van der Waals surface area contributed by atoms with Crippen molar-refractivity contribution in [3.05, 3.63) is 0 Å². The summed E-state index contributed by atoms with van der Waals surface area (Å²) in [6, 6.07) is 0. The van der Waals surface area contributed by atoms with Gasteiger partial charge in [0.05, 0.1) is 0 Å². The Morgan fingerprint density at radius 1 is 1.20 bits per heavy atom. The van der Waals surface area contributed by atoms with Crippen LogP contribution < -0.4 is 5.43 Å². The number of rotatable bonds is 1. The molecule has 0 aromatic carbocycles. The van der Waals surface area contributed by atoms with E-state index in [9.17, 15) is 0 Å². The molecule has 0 saturated carbocycles. The van der Waals surface area contributed by atoms with Gasteiger partial charge in [0, 0.05) is 11.3 Å². The Bertz CT molecular complexity index is 109. The molecule has 62 valence electrons. The summed E-state index contributed by atoms with van der Waals surface area (Å²) in [6.45, 7) is 10.2. The molecule has 1 N–H and O–H groups in total. The third-order valence-electron chi connectivity index (χ3n) is 0.615. The van der Waals surface area contributed by atoms with E-state index in [0.717, 1.165) is 5.71 Å². The maximum atomic E-state index is 4.06. The van der Waals surface area contributed by atoms with Gasteiger partial charge in [0.25, 0.3) is 0 Å². The molecule has 0 aliphatic heterocycles. The van der Waals surface area contributed by atoms with Crippen LogP contribution in [0.25, 0.3) is 0 Å². The molecular formula is C7H17ClN2.